The van der Waals surface area contributed by atoms with Gasteiger partial charge in [-0.2, -0.15) is 0 Å². The minimum atomic E-state index is -0.180. The summed E-state index contributed by atoms with van der Waals surface area (Å²) in [5, 5.41) is 1.03. The highest BCUT2D eigenvalue weighted by Crippen LogP contribution is 2.32. The van der Waals surface area contributed by atoms with Crippen LogP contribution in [0, 0.1) is 0 Å². The van der Waals surface area contributed by atoms with Crippen molar-refractivity contribution >= 4 is 34.3 Å². The van der Waals surface area contributed by atoms with Crippen LogP contribution in [0.4, 0.5) is 5.69 Å². The molecule has 2 aromatic carbocycles. The summed E-state index contributed by atoms with van der Waals surface area (Å²) in [6, 6.07) is 15.3. The Morgan fingerprint density at radius 3 is 2.88 bits per heavy atom. The van der Waals surface area contributed by atoms with Crippen LogP contribution >= 0.6 is 11.8 Å². The second-order valence-electron chi connectivity index (χ2n) is 6.12. The summed E-state index contributed by atoms with van der Waals surface area (Å²) in [6.07, 6.45) is 0.873. The summed E-state index contributed by atoms with van der Waals surface area (Å²) in [4.78, 5) is 33.9. The summed E-state index contributed by atoms with van der Waals surface area (Å²) < 4.78 is 0. The Kier molecular flexibility index (Phi) is 4.05. The highest BCUT2D eigenvalue weighted by molar-refractivity contribution is 7.99. The molecule has 0 spiro atoms. The van der Waals surface area contributed by atoms with Crippen LogP contribution in [-0.4, -0.2) is 27.7 Å². The molecule has 1 aliphatic heterocycles. The lowest BCUT2D eigenvalue weighted by Crippen LogP contribution is -2.37. The van der Waals surface area contributed by atoms with Gasteiger partial charge in [0.2, 0.25) is 5.91 Å². The van der Waals surface area contributed by atoms with Gasteiger partial charge >= 0.3 is 0 Å². The maximum absolute atomic E-state index is 12.7. The zero-order valence-corrected chi connectivity index (χ0v) is 14.5. The van der Waals surface area contributed by atoms with Gasteiger partial charge in [0.05, 0.1) is 16.7 Å². The molecule has 0 aliphatic carbocycles. The molecule has 1 atom stereocenters. The van der Waals surface area contributed by atoms with Crippen LogP contribution < -0.4 is 10.5 Å². The number of anilines is 1. The number of hydrogen-bond acceptors (Lipinski definition) is 4. The number of aromatic amines is 1. The summed E-state index contributed by atoms with van der Waals surface area (Å²) in [7, 11) is 0. The number of fused-ring (bicyclic) bond motifs is 2. The number of carbonyl (C=O) groups is 1. The number of para-hydroxylation sites is 2. The fourth-order valence-corrected chi connectivity index (χ4v) is 4.01. The van der Waals surface area contributed by atoms with E-state index in [1.165, 1.54) is 17.3 Å². The maximum atomic E-state index is 12.7. The summed E-state index contributed by atoms with van der Waals surface area (Å²) in [6.45, 7) is 2.05. The van der Waals surface area contributed by atoms with Gasteiger partial charge in [-0.1, -0.05) is 42.1 Å². The van der Waals surface area contributed by atoms with Gasteiger partial charge in [0.25, 0.3) is 5.56 Å². The van der Waals surface area contributed by atoms with Crippen LogP contribution in [0.2, 0.25) is 0 Å². The molecule has 0 saturated carbocycles. The van der Waals surface area contributed by atoms with Crippen LogP contribution in [0.1, 0.15) is 12.5 Å². The summed E-state index contributed by atoms with van der Waals surface area (Å²) in [5.74, 6) is 0.262. The smallest absolute Gasteiger partial charge is 0.259 e. The molecule has 0 saturated heterocycles. The first-order valence-electron chi connectivity index (χ1n) is 8.15. The van der Waals surface area contributed by atoms with E-state index in [0.29, 0.717) is 16.1 Å². The Hall–Kier alpha value is -2.60. The standard InChI is InChI=1S/C19H17N3O2S/c1-12-10-13-6-2-5-9-16(13)22(12)17(23)11-25-19-20-15-8-4-3-7-14(15)18(24)21-19/h2-9,12H,10-11H2,1H3,(H,20,21,24)/t12-/m1/s1. The Bertz CT molecular complexity index is 1010. The maximum Gasteiger partial charge on any atom is 0.259 e. The third-order valence-electron chi connectivity index (χ3n) is 4.40. The Morgan fingerprint density at radius 2 is 2.00 bits per heavy atom. The largest absolute Gasteiger partial charge is 0.308 e. The minimum absolute atomic E-state index is 0.0262. The third kappa shape index (κ3) is 2.93. The number of benzene rings is 2. The van der Waals surface area contributed by atoms with E-state index >= 15 is 0 Å². The number of amides is 1. The first-order valence-corrected chi connectivity index (χ1v) is 9.14. The van der Waals surface area contributed by atoms with E-state index in [1.54, 1.807) is 12.1 Å². The zero-order chi connectivity index (χ0) is 17.4. The lowest BCUT2D eigenvalue weighted by atomic mass is 10.1. The predicted octanol–water partition coefficient (Wildman–Crippen LogP) is 2.99. The molecule has 5 nitrogen and oxygen atoms in total. The number of nitrogens with one attached hydrogen (secondary N) is 1. The molecule has 6 heteroatoms. The first-order chi connectivity index (χ1) is 12.1. The van der Waals surface area contributed by atoms with Crippen molar-refractivity contribution in [3.63, 3.8) is 0 Å². The molecular weight excluding hydrogens is 334 g/mol. The molecule has 1 amide bonds. The molecule has 1 aromatic heterocycles. The Labute approximate surface area is 149 Å². The molecule has 126 valence electrons. The predicted molar refractivity (Wildman–Crippen MR) is 100 cm³/mol. The van der Waals surface area contributed by atoms with Crippen LogP contribution in [-0.2, 0) is 11.2 Å². The molecule has 0 radical (unpaired) electrons. The minimum Gasteiger partial charge on any atom is -0.308 e. The van der Waals surface area contributed by atoms with Gasteiger partial charge in [-0.25, -0.2) is 4.98 Å². The SMILES string of the molecule is C[C@@H]1Cc2ccccc2N1C(=O)CSc1nc2ccccc2c(=O)[nH]1. The van der Waals surface area contributed by atoms with Crippen molar-refractivity contribution in [3.8, 4) is 0 Å². The van der Waals surface area contributed by atoms with Crippen LogP contribution in [0.25, 0.3) is 10.9 Å². The van der Waals surface area contributed by atoms with E-state index in [1.807, 2.05) is 35.2 Å². The van der Waals surface area contributed by atoms with Gasteiger partial charge in [-0.05, 0) is 37.1 Å². The number of nitrogens with zero attached hydrogens (tertiary/aromatic N) is 2. The van der Waals surface area contributed by atoms with E-state index in [-0.39, 0.29) is 23.3 Å². The van der Waals surface area contributed by atoms with Crippen molar-refractivity contribution in [3.05, 3.63) is 64.4 Å². The molecule has 3 aromatic rings. The van der Waals surface area contributed by atoms with Crippen molar-refractivity contribution < 1.29 is 4.79 Å². The van der Waals surface area contributed by atoms with E-state index in [2.05, 4.69) is 23.0 Å². The van der Waals surface area contributed by atoms with Gasteiger partial charge in [-0.15, -0.1) is 0 Å². The molecular formula is C19H17N3O2S. The number of H-pyrrole nitrogens is 1. The van der Waals surface area contributed by atoms with Gasteiger partial charge in [-0.3, -0.25) is 9.59 Å². The van der Waals surface area contributed by atoms with Crippen molar-refractivity contribution in [1.29, 1.82) is 0 Å². The second-order valence-corrected chi connectivity index (χ2v) is 7.09. The molecule has 0 fully saturated rings. The molecule has 1 aliphatic rings. The van der Waals surface area contributed by atoms with Crippen molar-refractivity contribution in [2.24, 2.45) is 0 Å². The molecule has 1 N–H and O–H groups in total. The van der Waals surface area contributed by atoms with E-state index in [9.17, 15) is 9.59 Å². The quantitative estimate of drug-likeness (QED) is 0.582. The first kappa shape index (κ1) is 15.9. The van der Waals surface area contributed by atoms with Crippen molar-refractivity contribution in [1.82, 2.24) is 9.97 Å². The molecule has 0 bridgehead atoms. The molecule has 25 heavy (non-hydrogen) atoms. The van der Waals surface area contributed by atoms with Crippen molar-refractivity contribution in [2.45, 2.75) is 24.5 Å². The van der Waals surface area contributed by atoms with Crippen LogP contribution in [0.3, 0.4) is 0 Å². The van der Waals surface area contributed by atoms with Gasteiger partial charge in [0.15, 0.2) is 5.16 Å². The Balaban J connectivity index is 1.54. The van der Waals surface area contributed by atoms with E-state index in [0.717, 1.165) is 12.1 Å². The van der Waals surface area contributed by atoms with Crippen molar-refractivity contribution in [2.75, 3.05) is 10.7 Å². The second kappa shape index (κ2) is 6.37. The van der Waals surface area contributed by atoms with Crippen LogP contribution in [0.15, 0.2) is 58.5 Å². The number of rotatable bonds is 3. The number of thioether (sulfide) groups is 1. The zero-order valence-electron chi connectivity index (χ0n) is 13.7. The fourth-order valence-electron chi connectivity index (χ4n) is 3.28. The number of hydrogen-bond donors (Lipinski definition) is 1. The number of aromatic nitrogens is 2. The molecule has 0 unspecified atom stereocenters. The van der Waals surface area contributed by atoms with E-state index < -0.39 is 0 Å². The van der Waals surface area contributed by atoms with E-state index in [4.69, 9.17) is 0 Å². The molecule has 2 heterocycles. The summed E-state index contributed by atoms with van der Waals surface area (Å²) in [5.41, 5.74) is 2.65. The van der Waals surface area contributed by atoms with Crippen LogP contribution in [0.5, 0.6) is 0 Å². The molecule has 4 rings (SSSR count). The average molecular weight is 351 g/mol. The normalized spacial score (nSPS) is 16.2. The monoisotopic (exact) mass is 351 g/mol. The van der Waals surface area contributed by atoms with Gasteiger partial charge in [0.1, 0.15) is 0 Å². The highest BCUT2D eigenvalue weighted by atomic mass is 32.2. The number of carbonyl (C=O) groups excluding carboxylic acids is 1. The fraction of sp³-hybridized carbons (Fsp3) is 0.211. The third-order valence-corrected chi connectivity index (χ3v) is 5.26. The Morgan fingerprint density at radius 1 is 1.24 bits per heavy atom. The highest BCUT2D eigenvalue weighted by Gasteiger charge is 2.30. The average Bonchev–Trinajstić information content (AvgIpc) is 2.95. The topological polar surface area (TPSA) is 66.1 Å². The lowest BCUT2D eigenvalue weighted by Gasteiger charge is -2.22. The summed E-state index contributed by atoms with van der Waals surface area (Å²) >= 11 is 1.26. The van der Waals surface area contributed by atoms with Gasteiger partial charge in [0, 0.05) is 11.7 Å². The van der Waals surface area contributed by atoms with Gasteiger partial charge < -0.3 is 9.88 Å². The lowest BCUT2D eigenvalue weighted by molar-refractivity contribution is -0.116.